The van der Waals surface area contributed by atoms with Gasteiger partial charge >= 0.3 is 0 Å². The van der Waals surface area contributed by atoms with E-state index >= 15 is 0 Å². The fourth-order valence-corrected chi connectivity index (χ4v) is 4.14. The SMILES string of the molecule is Nc1nc(N)c2c(CN3C4=C(CC=C5C=CC=CC53)CCC=C4)coc2n1. The number of anilines is 2. The van der Waals surface area contributed by atoms with Crippen LogP contribution in [0.5, 0.6) is 0 Å². The maximum absolute atomic E-state index is 6.13. The molecule has 0 saturated carbocycles. The Bertz CT molecular complexity index is 1070. The third-order valence-corrected chi connectivity index (χ3v) is 5.41. The molecule has 2 aromatic rings. The first-order valence-corrected chi connectivity index (χ1v) is 9.20. The average molecular weight is 359 g/mol. The summed E-state index contributed by atoms with van der Waals surface area (Å²) in [6.07, 6.45) is 20.4. The maximum Gasteiger partial charge on any atom is 0.233 e. The molecule has 0 radical (unpaired) electrons. The molecule has 0 amide bonds. The highest BCUT2D eigenvalue weighted by molar-refractivity contribution is 5.88. The minimum atomic E-state index is 0.126. The maximum atomic E-state index is 6.13. The normalized spacial score (nSPS) is 21.3. The van der Waals surface area contributed by atoms with Crippen LogP contribution in [-0.2, 0) is 6.54 Å². The number of aromatic nitrogens is 2. The van der Waals surface area contributed by atoms with Gasteiger partial charge in [0, 0.05) is 17.8 Å². The zero-order valence-electron chi connectivity index (χ0n) is 14.9. The number of nitrogens with two attached hydrogens (primary N) is 2. The molecule has 0 saturated heterocycles. The van der Waals surface area contributed by atoms with Crippen molar-refractivity contribution in [1.82, 2.24) is 14.9 Å². The van der Waals surface area contributed by atoms with E-state index in [9.17, 15) is 0 Å². The fraction of sp³-hybridized carbons (Fsp3) is 0.238. The first-order chi connectivity index (χ1) is 13.2. The van der Waals surface area contributed by atoms with Crippen LogP contribution in [0.25, 0.3) is 11.1 Å². The molecule has 2 aromatic heterocycles. The van der Waals surface area contributed by atoms with Gasteiger partial charge in [0.25, 0.3) is 0 Å². The summed E-state index contributed by atoms with van der Waals surface area (Å²) in [6, 6.07) is 0.186. The van der Waals surface area contributed by atoms with Crippen LogP contribution in [0.2, 0.25) is 0 Å². The van der Waals surface area contributed by atoms with Crippen molar-refractivity contribution in [2.45, 2.75) is 31.8 Å². The van der Waals surface area contributed by atoms with Gasteiger partial charge < -0.3 is 20.8 Å². The van der Waals surface area contributed by atoms with Crippen molar-refractivity contribution in [3.63, 3.8) is 0 Å². The molecule has 27 heavy (non-hydrogen) atoms. The highest BCUT2D eigenvalue weighted by Crippen LogP contribution is 2.36. The highest BCUT2D eigenvalue weighted by atomic mass is 16.3. The Balaban J connectivity index is 1.61. The summed E-state index contributed by atoms with van der Waals surface area (Å²) in [5.74, 6) is 0.487. The van der Waals surface area contributed by atoms with E-state index in [2.05, 4.69) is 57.4 Å². The van der Waals surface area contributed by atoms with Crippen molar-refractivity contribution in [3.05, 3.63) is 71.2 Å². The molecule has 6 heteroatoms. The molecule has 1 unspecified atom stereocenters. The van der Waals surface area contributed by atoms with E-state index in [0.29, 0.717) is 18.1 Å². The summed E-state index contributed by atoms with van der Waals surface area (Å²) < 4.78 is 5.64. The molecule has 3 heterocycles. The van der Waals surface area contributed by atoms with E-state index in [1.54, 1.807) is 6.26 Å². The van der Waals surface area contributed by atoms with Gasteiger partial charge in [-0.1, -0.05) is 36.5 Å². The Hall–Kier alpha value is -3.28. The molecule has 0 aromatic carbocycles. The standard InChI is InChI=1S/C21H21N5O/c22-19-18-15(12-27-20(18)25-21(23)24-19)11-26-16-7-3-1-5-13(16)9-10-14-6-2-4-8-17(14)26/h1,3-5,7-9,12,16H,2,6,10-11H2,(H4,22,23,24,25). The molecular formula is C21H21N5O. The van der Waals surface area contributed by atoms with Crippen LogP contribution in [0.3, 0.4) is 0 Å². The van der Waals surface area contributed by atoms with Gasteiger partial charge in [0.05, 0.1) is 17.7 Å². The second-order valence-corrected chi connectivity index (χ2v) is 7.06. The zero-order valence-corrected chi connectivity index (χ0v) is 14.9. The molecule has 0 bridgehead atoms. The third kappa shape index (κ3) is 2.65. The molecule has 0 spiro atoms. The molecule has 3 aliphatic rings. The highest BCUT2D eigenvalue weighted by Gasteiger charge is 2.28. The van der Waals surface area contributed by atoms with Crippen LogP contribution in [0.4, 0.5) is 11.8 Å². The second-order valence-electron chi connectivity index (χ2n) is 7.06. The summed E-state index contributed by atoms with van der Waals surface area (Å²) >= 11 is 0. The quantitative estimate of drug-likeness (QED) is 0.850. The summed E-state index contributed by atoms with van der Waals surface area (Å²) in [7, 11) is 0. The van der Waals surface area contributed by atoms with E-state index in [0.717, 1.165) is 30.2 Å². The van der Waals surface area contributed by atoms with Gasteiger partial charge in [-0.15, -0.1) is 0 Å². The van der Waals surface area contributed by atoms with Gasteiger partial charge in [-0.25, -0.2) is 0 Å². The fourth-order valence-electron chi connectivity index (χ4n) is 4.14. The molecular weight excluding hydrogens is 338 g/mol. The summed E-state index contributed by atoms with van der Waals surface area (Å²) in [6.45, 7) is 0.661. The van der Waals surface area contributed by atoms with E-state index < -0.39 is 0 Å². The number of nitrogens with zero attached hydrogens (tertiary/aromatic N) is 3. The van der Waals surface area contributed by atoms with Gasteiger partial charge in [-0.05, 0) is 36.5 Å². The monoisotopic (exact) mass is 359 g/mol. The van der Waals surface area contributed by atoms with Crippen LogP contribution in [0.15, 0.2) is 70.1 Å². The number of fused-ring (bicyclic) bond motifs is 2. The number of hydrogen-bond donors (Lipinski definition) is 2. The predicted molar refractivity (Wildman–Crippen MR) is 106 cm³/mol. The lowest BCUT2D eigenvalue weighted by atomic mass is 9.98. The van der Waals surface area contributed by atoms with Gasteiger partial charge in [0.2, 0.25) is 11.7 Å². The number of allylic oxidation sites excluding steroid dienone is 6. The number of rotatable bonds is 2. The van der Waals surface area contributed by atoms with Gasteiger partial charge in [0.1, 0.15) is 5.82 Å². The van der Waals surface area contributed by atoms with Gasteiger partial charge in [-0.2, -0.15) is 9.97 Å². The topological polar surface area (TPSA) is 94.2 Å². The molecule has 5 rings (SSSR count). The average Bonchev–Trinajstić information content (AvgIpc) is 3.00. The molecule has 4 N–H and O–H groups in total. The summed E-state index contributed by atoms with van der Waals surface area (Å²) in [5.41, 5.74) is 17.3. The lowest BCUT2D eigenvalue weighted by molar-refractivity contribution is 0.319. The first kappa shape index (κ1) is 15.9. The van der Waals surface area contributed by atoms with Crippen molar-refractivity contribution in [3.8, 4) is 0 Å². The van der Waals surface area contributed by atoms with Crippen LogP contribution >= 0.6 is 0 Å². The minimum Gasteiger partial charge on any atom is -0.446 e. The van der Waals surface area contributed by atoms with E-state index in [4.69, 9.17) is 15.9 Å². The Labute approximate surface area is 157 Å². The molecule has 2 aliphatic carbocycles. The molecule has 136 valence electrons. The minimum absolute atomic E-state index is 0.126. The van der Waals surface area contributed by atoms with Crippen LogP contribution in [0.1, 0.15) is 24.8 Å². The van der Waals surface area contributed by atoms with Crippen LogP contribution < -0.4 is 11.5 Å². The lowest BCUT2D eigenvalue weighted by Gasteiger charge is -2.35. The van der Waals surface area contributed by atoms with Crippen LogP contribution in [0, 0.1) is 0 Å². The number of furan rings is 1. The Morgan fingerprint density at radius 3 is 3.04 bits per heavy atom. The molecule has 0 fully saturated rings. The van der Waals surface area contributed by atoms with E-state index in [1.165, 1.54) is 16.8 Å². The molecule has 1 aliphatic heterocycles. The first-order valence-electron chi connectivity index (χ1n) is 9.20. The summed E-state index contributed by atoms with van der Waals surface area (Å²) in [4.78, 5) is 10.7. The smallest absolute Gasteiger partial charge is 0.233 e. The second kappa shape index (κ2) is 6.16. The Morgan fingerprint density at radius 1 is 1.19 bits per heavy atom. The van der Waals surface area contributed by atoms with Crippen molar-refractivity contribution >= 4 is 22.9 Å². The van der Waals surface area contributed by atoms with E-state index in [1.807, 2.05) is 0 Å². The van der Waals surface area contributed by atoms with Crippen LogP contribution in [-0.4, -0.2) is 20.9 Å². The van der Waals surface area contributed by atoms with Gasteiger partial charge in [-0.3, -0.25) is 0 Å². The third-order valence-electron chi connectivity index (χ3n) is 5.41. The molecule has 6 nitrogen and oxygen atoms in total. The predicted octanol–water partition coefficient (Wildman–Crippen LogP) is 3.62. The number of nitrogen functional groups attached to an aromatic ring is 2. The van der Waals surface area contributed by atoms with Crippen molar-refractivity contribution in [2.24, 2.45) is 0 Å². The van der Waals surface area contributed by atoms with Crippen molar-refractivity contribution < 1.29 is 4.42 Å². The lowest BCUT2D eigenvalue weighted by Crippen LogP contribution is -2.34. The summed E-state index contributed by atoms with van der Waals surface area (Å²) in [5, 5.41) is 0.747. The number of hydrogen-bond acceptors (Lipinski definition) is 6. The Kier molecular flexibility index (Phi) is 3.63. The van der Waals surface area contributed by atoms with E-state index in [-0.39, 0.29) is 12.0 Å². The van der Waals surface area contributed by atoms with Gasteiger partial charge in [0.15, 0.2) is 0 Å². The molecule has 1 atom stereocenters. The zero-order chi connectivity index (χ0) is 18.4. The van der Waals surface area contributed by atoms with Crippen molar-refractivity contribution in [2.75, 3.05) is 11.5 Å². The largest absolute Gasteiger partial charge is 0.446 e. The Morgan fingerprint density at radius 2 is 2.11 bits per heavy atom. The van der Waals surface area contributed by atoms with Crippen molar-refractivity contribution in [1.29, 1.82) is 0 Å².